The molecule has 0 saturated heterocycles. The first-order valence-corrected chi connectivity index (χ1v) is 8.48. The van der Waals surface area contributed by atoms with E-state index in [4.69, 9.17) is 9.47 Å². The minimum atomic E-state index is 0.602. The van der Waals surface area contributed by atoms with Crippen molar-refractivity contribution in [2.45, 2.75) is 46.1 Å². The molecule has 0 aromatic heterocycles. The smallest absolute Gasteiger partial charge is 0.191 e. The van der Waals surface area contributed by atoms with E-state index in [-0.39, 0.29) is 0 Å². The summed E-state index contributed by atoms with van der Waals surface area (Å²) in [6.45, 7) is 6.71. The van der Waals surface area contributed by atoms with Gasteiger partial charge in [0.25, 0.3) is 0 Å². The maximum absolute atomic E-state index is 5.33. The summed E-state index contributed by atoms with van der Waals surface area (Å²) in [7, 11) is 3.29. The van der Waals surface area contributed by atoms with E-state index in [0.29, 0.717) is 6.54 Å². The minimum Gasteiger partial charge on any atom is -0.493 e. The number of benzene rings is 1. The Balaban J connectivity index is 2.58. The summed E-state index contributed by atoms with van der Waals surface area (Å²) in [5.74, 6) is 2.33. The van der Waals surface area contributed by atoms with Crippen LogP contribution in [0.5, 0.6) is 11.5 Å². The van der Waals surface area contributed by atoms with Crippen molar-refractivity contribution >= 4 is 5.96 Å². The molecule has 5 nitrogen and oxygen atoms in total. The van der Waals surface area contributed by atoms with Gasteiger partial charge in [0.1, 0.15) is 0 Å². The van der Waals surface area contributed by atoms with Gasteiger partial charge < -0.3 is 20.1 Å². The summed E-state index contributed by atoms with van der Waals surface area (Å²) in [6, 6.07) is 5.89. The number of ether oxygens (including phenoxy) is 2. The van der Waals surface area contributed by atoms with Gasteiger partial charge in [-0.2, -0.15) is 0 Å². The second-order valence-corrected chi connectivity index (χ2v) is 5.37. The normalized spacial score (nSPS) is 11.2. The summed E-state index contributed by atoms with van der Waals surface area (Å²) in [4.78, 5) is 4.63. The number of unbranched alkanes of at least 4 members (excludes halogenated alkanes) is 3. The Morgan fingerprint density at radius 1 is 1.00 bits per heavy atom. The molecule has 0 unspecified atom stereocenters. The van der Waals surface area contributed by atoms with Crippen LogP contribution in [0.4, 0.5) is 0 Å². The quantitative estimate of drug-likeness (QED) is 0.394. The lowest BCUT2D eigenvalue weighted by molar-refractivity contribution is 0.354. The molecule has 0 fully saturated rings. The molecule has 23 heavy (non-hydrogen) atoms. The van der Waals surface area contributed by atoms with E-state index in [1.165, 1.54) is 25.7 Å². The molecule has 0 saturated carbocycles. The largest absolute Gasteiger partial charge is 0.493 e. The highest BCUT2D eigenvalue weighted by Gasteiger charge is 2.04. The molecule has 1 rings (SSSR count). The first-order chi connectivity index (χ1) is 11.2. The first kappa shape index (κ1) is 19.1. The number of nitrogens with zero attached hydrogens (tertiary/aromatic N) is 1. The topological polar surface area (TPSA) is 54.9 Å². The van der Waals surface area contributed by atoms with E-state index in [0.717, 1.165) is 36.1 Å². The molecular weight excluding hydrogens is 290 g/mol. The zero-order chi connectivity index (χ0) is 16.9. The molecular formula is C18H31N3O2. The Bertz CT molecular complexity index is 475. The number of methoxy groups -OCH3 is 2. The number of nitrogens with one attached hydrogen (secondary N) is 2. The summed E-state index contributed by atoms with van der Waals surface area (Å²) in [6.07, 6.45) is 4.99. The highest BCUT2D eigenvalue weighted by Crippen LogP contribution is 2.27. The molecule has 130 valence electrons. The molecule has 0 aliphatic carbocycles. The summed E-state index contributed by atoms with van der Waals surface area (Å²) < 4.78 is 10.6. The molecule has 0 radical (unpaired) electrons. The van der Waals surface area contributed by atoms with Crippen LogP contribution in [0.2, 0.25) is 0 Å². The van der Waals surface area contributed by atoms with Gasteiger partial charge in [0, 0.05) is 13.1 Å². The third-order valence-corrected chi connectivity index (χ3v) is 3.53. The predicted octanol–water partition coefficient (Wildman–Crippen LogP) is 3.34. The minimum absolute atomic E-state index is 0.602. The van der Waals surface area contributed by atoms with Gasteiger partial charge in [-0.15, -0.1) is 0 Å². The Kier molecular flexibility index (Phi) is 9.68. The number of guanidine groups is 1. The number of hydrogen-bond acceptors (Lipinski definition) is 3. The van der Waals surface area contributed by atoms with Crippen LogP contribution in [-0.2, 0) is 6.54 Å². The number of rotatable bonds is 10. The SMILES string of the molecule is CCCCCCNC(=NCc1ccc(OC)c(OC)c1)NCC. The fourth-order valence-electron chi connectivity index (χ4n) is 2.25. The molecule has 0 aliphatic heterocycles. The van der Waals surface area contributed by atoms with Crippen LogP contribution in [0.15, 0.2) is 23.2 Å². The first-order valence-electron chi connectivity index (χ1n) is 8.48. The highest BCUT2D eigenvalue weighted by atomic mass is 16.5. The van der Waals surface area contributed by atoms with Crippen molar-refractivity contribution < 1.29 is 9.47 Å². The summed E-state index contributed by atoms with van der Waals surface area (Å²) in [5, 5.41) is 6.66. The van der Waals surface area contributed by atoms with Crippen LogP contribution in [-0.4, -0.2) is 33.3 Å². The zero-order valence-electron chi connectivity index (χ0n) is 14.9. The van der Waals surface area contributed by atoms with E-state index in [1.54, 1.807) is 14.2 Å². The average molecular weight is 321 g/mol. The molecule has 0 atom stereocenters. The fraction of sp³-hybridized carbons (Fsp3) is 0.611. The second-order valence-electron chi connectivity index (χ2n) is 5.37. The summed E-state index contributed by atoms with van der Waals surface area (Å²) in [5.41, 5.74) is 1.09. The van der Waals surface area contributed by atoms with Crippen LogP contribution in [0.25, 0.3) is 0 Å². The van der Waals surface area contributed by atoms with E-state index in [1.807, 2.05) is 18.2 Å². The monoisotopic (exact) mass is 321 g/mol. The molecule has 2 N–H and O–H groups in total. The second kappa shape index (κ2) is 11.6. The molecule has 0 heterocycles. The standard InChI is InChI=1S/C18H31N3O2/c1-5-7-8-9-12-20-18(19-6-2)21-14-15-10-11-16(22-3)17(13-15)23-4/h10-11,13H,5-9,12,14H2,1-4H3,(H2,19,20,21). The van der Waals surface area contributed by atoms with Gasteiger partial charge >= 0.3 is 0 Å². The highest BCUT2D eigenvalue weighted by molar-refractivity contribution is 5.79. The van der Waals surface area contributed by atoms with Crippen LogP contribution in [0.3, 0.4) is 0 Å². The number of hydrogen-bond donors (Lipinski definition) is 2. The van der Waals surface area contributed by atoms with Crippen LogP contribution in [0, 0.1) is 0 Å². The van der Waals surface area contributed by atoms with Crippen molar-refractivity contribution in [2.75, 3.05) is 27.3 Å². The third kappa shape index (κ3) is 7.26. The van der Waals surface area contributed by atoms with Gasteiger partial charge in [0.15, 0.2) is 17.5 Å². The lowest BCUT2D eigenvalue weighted by Gasteiger charge is -2.12. The van der Waals surface area contributed by atoms with Crippen molar-refractivity contribution in [3.05, 3.63) is 23.8 Å². The van der Waals surface area contributed by atoms with Gasteiger partial charge in [-0.3, -0.25) is 0 Å². The lowest BCUT2D eigenvalue weighted by atomic mass is 10.2. The van der Waals surface area contributed by atoms with Gasteiger partial charge in [-0.05, 0) is 31.0 Å². The van der Waals surface area contributed by atoms with Crippen molar-refractivity contribution in [3.8, 4) is 11.5 Å². The zero-order valence-corrected chi connectivity index (χ0v) is 14.9. The van der Waals surface area contributed by atoms with Gasteiger partial charge in [0.2, 0.25) is 0 Å². The van der Waals surface area contributed by atoms with Gasteiger partial charge in [-0.1, -0.05) is 32.3 Å². The van der Waals surface area contributed by atoms with E-state index < -0.39 is 0 Å². The van der Waals surface area contributed by atoms with E-state index >= 15 is 0 Å². The molecule has 1 aromatic rings. The third-order valence-electron chi connectivity index (χ3n) is 3.53. The van der Waals surface area contributed by atoms with Crippen LogP contribution in [0.1, 0.15) is 45.1 Å². The maximum Gasteiger partial charge on any atom is 0.191 e. The van der Waals surface area contributed by atoms with Gasteiger partial charge in [0.05, 0.1) is 20.8 Å². The average Bonchev–Trinajstić information content (AvgIpc) is 2.59. The van der Waals surface area contributed by atoms with Crippen molar-refractivity contribution in [2.24, 2.45) is 4.99 Å². The Morgan fingerprint density at radius 2 is 1.78 bits per heavy atom. The lowest BCUT2D eigenvalue weighted by Crippen LogP contribution is -2.37. The Labute approximate surface area is 140 Å². The Hall–Kier alpha value is -1.91. The molecule has 1 aromatic carbocycles. The van der Waals surface area contributed by atoms with Crippen molar-refractivity contribution in [3.63, 3.8) is 0 Å². The van der Waals surface area contributed by atoms with Crippen LogP contribution < -0.4 is 20.1 Å². The van der Waals surface area contributed by atoms with Crippen molar-refractivity contribution in [1.29, 1.82) is 0 Å². The Morgan fingerprint density at radius 3 is 2.43 bits per heavy atom. The van der Waals surface area contributed by atoms with E-state index in [9.17, 15) is 0 Å². The maximum atomic E-state index is 5.33. The molecule has 0 amide bonds. The van der Waals surface area contributed by atoms with Crippen LogP contribution >= 0.6 is 0 Å². The molecule has 0 bridgehead atoms. The van der Waals surface area contributed by atoms with Crippen molar-refractivity contribution in [1.82, 2.24) is 10.6 Å². The molecule has 5 heteroatoms. The summed E-state index contributed by atoms with van der Waals surface area (Å²) >= 11 is 0. The number of aliphatic imine (C=N–C) groups is 1. The fourth-order valence-corrected chi connectivity index (χ4v) is 2.25. The molecule has 0 spiro atoms. The molecule has 0 aliphatic rings. The predicted molar refractivity (Wildman–Crippen MR) is 96.5 cm³/mol. The van der Waals surface area contributed by atoms with E-state index in [2.05, 4.69) is 29.5 Å². The van der Waals surface area contributed by atoms with Gasteiger partial charge in [-0.25, -0.2) is 4.99 Å².